The monoisotopic (exact) mass is 589 g/mol. The van der Waals surface area contributed by atoms with E-state index in [1.165, 1.54) is 0 Å². The van der Waals surface area contributed by atoms with E-state index in [0.717, 1.165) is 16.8 Å². The Hall–Kier alpha value is -3.04. The molecule has 0 radical (unpaired) electrons. The fraction of sp³-hybridized carbons (Fsp3) is 0.310. The van der Waals surface area contributed by atoms with Gasteiger partial charge < -0.3 is 28.6 Å². The van der Waals surface area contributed by atoms with E-state index < -0.39 is 18.2 Å². The zero-order valence-corrected chi connectivity index (χ0v) is 24.4. The number of halogens is 2. The number of hydrogen-bond acceptors (Lipinski definition) is 7. The number of methoxy groups -OCH3 is 3. The molecule has 0 unspecified atom stereocenters. The van der Waals surface area contributed by atoms with Crippen LogP contribution in [0.4, 0.5) is 5.69 Å². The summed E-state index contributed by atoms with van der Waals surface area (Å²) in [5.74, 6) is 1.37. The number of ether oxygens (including phenoxy) is 5. The highest BCUT2D eigenvalue weighted by Gasteiger charge is 2.37. The molecule has 0 fully saturated rings. The van der Waals surface area contributed by atoms with Crippen molar-refractivity contribution in [3.63, 3.8) is 0 Å². The van der Waals surface area contributed by atoms with Crippen molar-refractivity contribution in [1.29, 1.82) is 0 Å². The minimum Gasteiger partial charge on any atom is -0.497 e. The molecule has 0 N–H and O–H groups in total. The summed E-state index contributed by atoms with van der Waals surface area (Å²) in [7, 11) is 4.74. The van der Waals surface area contributed by atoms with Gasteiger partial charge in [-0.1, -0.05) is 47.6 Å². The number of esters is 1. The Balaban J connectivity index is 1.88. The SMILES string of the molecule is CCOC(=O)C[C@H]1O[C@H](c2cccc(OC)c2Cl)c2cc(Cl)ccc2N(Cc2ccc(OC)cc2OC)C1=S. The second-order valence-electron chi connectivity index (χ2n) is 8.68. The molecule has 0 amide bonds. The van der Waals surface area contributed by atoms with Crippen LogP contribution in [0.15, 0.2) is 54.6 Å². The molecule has 10 heteroatoms. The predicted molar refractivity (Wildman–Crippen MR) is 156 cm³/mol. The zero-order chi connectivity index (χ0) is 28.1. The Morgan fingerprint density at radius 2 is 1.74 bits per heavy atom. The van der Waals surface area contributed by atoms with Crippen LogP contribution >= 0.6 is 35.4 Å². The summed E-state index contributed by atoms with van der Waals surface area (Å²) in [5, 5.41) is 0.903. The molecule has 1 aliphatic heterocycles. The number of nitrogens with zero attached hydrogens (tertiary/aromatic N) is 1. The van der Waals surface area contributed by atoms with E-state index in [0.29, 0.717) is 44.4 Å². The largest absolute Gasteiger partial charge is 0.497 e. The van der Waals surface area contributed by atoms with Gasteiger partial charge in [0.1, 0.15) is 34.4 Å². The molecule has 39 heavy (non-hydrogen) atoms. The van der Waals surface area contributed by atoms with Crippen molar-refractivity contribution in [3.8, 4) is 17.2 Å². The number of thiocarbonyl (C=S) groups is 1. The Morgan fingerprint density at radius 3 is 2.44 bits per heavy atom. The Bertz CT molecular complexity index is 1370. The predicted octanol–water partition coefficient (Wildman–Crippen LogP) is 6.79. The average molecular weight is 591 g/mol. The van der Waals surface area contributed by atoms with E-state index in [1.54, 1.807) is 40.4 Å². The van der Waals surface area contributed by atoms with E-state index in [9.17, 15) is 4.79 Å². The number of rotatable bonds is 9. The average Bonchev–Trinajstić information content (AvgIpc) is 3.04. The number of fused-ring (bicyclic) bond motifs is 1. The molecule has 4 rings (SSSR count). The third-order valence-corrected chi connectivity index (χ3v) is 7.50. The van der Waals surface area contributed by atoms with Gasteiger partial charge in [0.25, 0.3) is 0 Å². The summed E-state index contributed by atoms with van der Waals surface area (Å²) in [5.41, 5.74) is 3.01. The van der Waals surface area contributed by atoms with Gasteiger partial charge in [0.15, 0.2) is 0 Å². The standard InChI is InChI=1S/C29H29Cl2NO6S/c1-5-37-26(33)15-25-29(39)32(16-17-9-11-19(34-2)14-24(17)36-4)22-12-10-18(30)13-21(22)28(38-25)20-7-6-8-23(35-3)27(20)31/h6-14,25,28H,5,15-16H2,1-4H3/t25-,28-/m1/s1. The third-order valence-electron chi connectivity index (χ3n) is 6.38. The number of carbonyl (C=O) groups is 1. The fourth-order valence-corrected chi connectivity index (χ4v) is 5.31. The van der Waals surface area contributed by atoms with Gasteiger partial charge in [-0.3, -0.25) is 4.79 Å². The second kappa shape index (κ2) is 12.9. The van der Waals surface area contributed by atoms with Gasteiger partial charge in [0.05, 0.1) is 45.9 Å². The van der Waals surface area contributed by atoms with Gasteiger partial charge in [0.2, 0.25) is 0 Å². The molecule has 1 aliphatic rings. The topological polar surface area (TPSA) is 66.5 Å². The van der Waals surface area contributed by atoms with Crippen LogP contribution in [-0.4, -0.2) is 45.0 Å². The molecule has 0 spiro atoms. The summed E-state index contributed by atoms with van der Waals surface area (Å²) < 4.78 is 28.3. The van der Waals surface area contributed by atoms with Crippen molar-refractivity contribution in [2.45, 2.75) is 32.1 Å². The van der Waals surface area contributed by atoms with E-state index in [-0.39, 0.29) is 13.0 Å². The van der Waals surface area contributed by atoms with Crippen LogP contribution in [0.5, 0.6) is 17.2 Å². The summed E-state index contributed by atoms with van der Waals surface area (Å²) in [6, 6.07) is 16.5. The molecule has 3 aromatic rings. The molecule has 0 bridgehead atoms. The highest BCUT2D eigenvalue weighted by Crippen LogP contribution is 2.45. The Kier molecular flexibility index (Phi) is 9.56. The van der Waals surface area contributed by atoms with Crippen molar-refractivity contribution >= 4 is 52.1 Å². The van der Waals surface area contributed by atoms with E-state index in [1.807, 2.05) is 47.4 Å². The molecule has 0 saturated carbocycles. The van der Waals surface area contributed by atoms with Crippen LogP contribution in [0.1, 0.15) is 36.1 Å². The number of carbonyl (C=O) groups excluding carboxylic acids is 1. The fourth-order valence-electron chi connectivity index (χ4n) is 4.52. The summed E-state index contributed by atoms with van der Waals surface area (Å²) in [6.07, 6.45) is -1.59. The first-order chi connectivity index (χ1) is 18.8. The van der Waals surface area contributed by atoms with Gasteiger partial charge >= 0.3 is 5.97 Å². The van der Waals surface area contributed by atoms with E-state index >= 15 is 0 Å². The van der Waals surface area contributed by atoms with Crippen molar-refractivity contribution < 1.29 is 28.5 Å². The van der Waals surface area contributed by atoms with Crippen molar-refractivity contribution in [1.82, 2.24) is 0 Å². The molecule has 2 atom stereocenters. The normalized spacial score (nSPS) is 16.8. The van der Waals surface area contributed by atoms with E-state index in [4.69, 9.17) is 59.1 Å². The van der Waals surface area contributed by atoms with Gasteiger partial charge in [-0.25, -0.2) is 0 Å². The highest BCUT2D eigenvalue weighted by molar-refractivity contribution is 7.80. The zero-order valence-electron chi connectivity index (χ0n) is 22.0. The summed E-state index contributed by atoms with van der Waals surface area (Å²) in [6.45, 7) is 2.33. The molecule has 3 aromatic carbocycles. The van der Waals surface area contributed by atoms with Gasteiger partial charge in [0, 0.05) is 33.5 Å². The lowest BCUT2D eigenvalue weighted by atomic mass is 9.98. The maximum absolute atomic E-state index is 12.7. The first kappa shape index (κ1) is 29.0. The maximum Gasteiger partial charge on any atom is 0.308 e. The van der Waals surface area contributed by atoms with E-state index in [2.05, 4.69) is 0 Å². The summed E-state index contributed by atoms with van der Waals surface area (Å²) >= 11 is 19.3. The lowest BCUT2D eigenvalue weighted by Gasteiger charge is -2.28. The number of hydrogen-bond donors (Lipinski definition) is 0. The lowest BCUT2D eigenvalue weighted by molar-refractivity contribution is -0.145. The van der Waals surface area contributed by atoms with Crippen molar-refractivity contribution in [2.75, 3.05) is 32.8 Å². The molecule has 0 saturated heterocycles. The minimum absolute atomic E-state index is 0.0806. The lowest BCUT2D eigenvalue weighted by Crippen LogP contribution is -2.39. The first-order valence-corrected chi connectivity index (χ1v) is 13.4. The quantitative estimate of drug-likeness (QED) is 0.199. The van der Waals surface area contributed by atoms with Crippen LogP contribution < -0.4 is 19.1 Å². The van der Waals surface area contributed by atoms with Crippen LogP contribution in [0.3, 0.4) is 0 Å². The maximum atomic E-state index is 12.7. The molecular weight excluding hydrogens is 561 g/mol. The van der Waals surface area contributed by atoms with Crippen LogP contribution in [0.2, 0.25) is 10.0 Å². The Labute approximate surface area is 243 Å². The van der Waals surface area contributed by atoms with Gasteiger partial charge in [-0.15, -0.1) is 0 Å². The highest BCUT2D eigenvalue weighted by atomic mass is 35.5. The smallest absolute Gasteiger partial charge is 0.308 e. The molecule has 0 aliphatic carbocycles. The van der Waals surface area contributed by atoms with Crippen molar-refractivity contribution in [2.24, 2.45) is 0 Å². The third kappa shape index (κ3) is 6.25. The molecular formula is C29H29Cl2NO6S. The first-order valence-electron chi connectivity index (χ1n) is 12.3. The van der Waals surface area contributed by atoms with Crippen LogP contribution in [0.25, 0.3) is 0 Å². The molecule has 7 nitrogen and oxygen atoms in total. The molecule has 206 valence electrons. The van der Waals surface area contributed by atoms with Crippen LogP contribution in [-0.2, 0) is 20.8 Å². The molecule has 1 heterocycles. The van der Waals surface area contributed by atoms with Gasteiger partial charge in [-0.2, -0.15) is 0 Å². The van der Waals surface area contributed by atoms with Gasteiger partial charge in [-0.05, 0) is 43.3 Å². The summed E-state index contributed by atoms with van der Waals surface area (Å²) in [4.78, 5) is 15.0. The molecule has 0 aromatic heterocycles. The number of benzene rings is 3. The van der Waals surface area contributed by atoms with Crippen molar-refractivity contribution in [3.05, 3.63) is 81.3 Å². The minimum atomic E-state index is -0.804. The number of anilines is 1. The van der Waals surface area contributed by atoms with Crippen LogP contribution in [0, 0.1) is 0 Å². The Morgan fingerprint density at radius 1 is 0.974 bits per heavy atom. The second-order valence-corrected chi connectivity index (χ2v) is 9.92.